The van der Waals surface area contributed by atoms with E-state index in [0.717, 1.165) is 12.5 Å². The number of benzene rings is 1. The lowest BCUT2D eigenvalue weighted by Crippen LogP contribution is -2.42. The lowest BCUT2D eigenvalue weighted by molar-refractivity contribution is 0.344. The largest absolute Gasteiger partial charge is 0.314 e. The minimum Gasteiger partial charge on any atom is -0.314 e. The van der Waals surface area contributed by atoms with Crippen molar-refractivity contribution in [2.75, 3.05) is 6.54 Å². The summed E-state index contributed by atoms with van der Waals surface area (Å²) in [7, 11) is 0. The second-order valence-electron chi connectivity index (χ2n) is 4.50. The molecule has 0 aromatic heterocycles. The Labute approximate surface area is 92.9 Å². The van der Waals surface area contributed by atoms with E-state index in [2.05, 4.69) is 36.5 Å². The molecule has 0 amide bonds. The van der Waals surface area contributed by atoms with Gasteiger partial charge in [0.1, 0.15) is 0 Å². The van der Waals surface area contributed by atoms with E-state index in [-0.39, 0.29) is 0 Å². The van der Waals surface area contributed by atoms with Gasteiger partial charge in [-0.3, -0.25) is 0 Å². The van der Waals surface area contributed by atoms with Crippen LogP contribution in [0, 0.1) is 0 Å². The standard InChI is InChI=1S/C14H21N/c1-2-12-6-8-13(9-7-12)4-3-5-14-10-11-15-14/h6-9,14-15H,2-5,10-11H2,1H3. The van der Waals surface area contributed by atoms with Crippen LogP contribution >= 0.6 is 0 Å². The van der Waals surface area contributed by atoms with Crippen molar-refractivity contribution in [3.63, 3.8) is 0 Å². The fourth-order valence-electron chi connectivity index (χ4n) is 2.09. The Morgan fingerprint density at radius 2 is 1.87 bits per heavy atom. The molecule has 0 radical (unpaired) electrons. The lowest BCUT2D eigenvalue weighted by atomic mass is 9.98. The maximum Gasteiger partial charge on any atom is 0.00792 e. The number of hydrogen-bond donors (Lipinski definition) is 1. The SMILES string of the molecule is CCc1ccc(CCCC2CCN2)cc1. The van der Waals surface area contributed by atoms with Crippen molar-refractivity contribution in [3.05, 3.63) is 35.4 Å². The molecule has 1 aromatic rings. The Morgan fingerprint density at radius 1 is 1.20 bits per heavy atom. The Balaban J connectivity index is 1.72. The first-order valence-corrected chi connectivity index (χ1v) is 6.19. The molecular formula is C14H21N. The van der Waals surface area contributed by atoms with Crippen molar-refractivity contribution in [3.8, 4) is 0 Å². The van der Waals surface area contributed by atoms with Gasteiger partial charge in [-0.1, -0.05) is 31.2 Å². The van der Waals surface area contributed by atoms with Crippen LogP contribution in [0.3, 0.4) is 0 Å². The Bertz CT molecular complexity index is 285. The van der Waals surface area contributed by atoms with E-state index >= 15 is 0 Å². The molecule has 0 spiro atoms. The molecule has 82 valence electrons. The highest BCUT2D eigenvalue weighted by atomic mass is 15.0. The first kappa shape index (κ1) is 10.7. The maximum atomic E-state index is 3.45. The molecule has 1 aliphatic rings. The van der Waals surface area contributed by atoms with Gasteiger partial charge in [-0.05, 0) is 49.8 Å². The minimum atomic E-state index is 0.819. The van der Waals surface area contributed by atoms with E-state index in [0.29, 0.717) is 0 Å². The van der Waals surface area contributed by atoms with Crippen LogP contribution in [-0.4, -0.2) is 12.6 Å². The van der Waals surface area contributed by atoms with E-state index < -0.39 is 0 Å². The molecule has 1 unspecified atom stereocenters. The number of aryl methyl sites for hydroxylation is 2. The van der Waals surface area contributed by atoms with Gasteiger partial charge in [-0.25, -0.2) is 0 Å². The van der Waals surface area contributed by atoms with Gasteiger partial charge in [0.15, 0.2) is 0 Å². The number of rotatable bonds is 5. The second-order valence-corrected chi connectivity index (χ2v) is 4.50. The Kier molecular flexibility index (Phi) is 3.79. The predicted molar refractivity (Wildman–Crippen MR) is 65.2 cm³/mol. The van der Waals surface area contributed by atoms with Gasteiger partial charge in [-0.15, -0.1) is 0 Å². The van der Waals surface area contributed by atoms with Gasteiger partial charge >= 0.3 is 0 Å². The summed E-state index contributed by atoms with van der Waals surface area (Å²) >= 11 is 0. The van der Waals surface area contributed by atoms with Gasteiger partial charge in [0.05, 0.1) is 0 Å². The van der Waals surface area contributed by atoms with Gasteiger partial charge in [0.2, 0.25) is 0 Å². The van der Waals surface area contributed by atoms with Crippen LogP contribution in [0.4, 0.5) is 0 Å². The van der Waals surface area contributed by atoms with E-state index in [1.165, 1.54) is 43.4 Å². The molecule has 2 rings (SSSR count). The van der Waals surface area contributed by atoms with Crippen molar-refractivity contribution < 1.29 is 0 Å². The number of nitrogens with one attached hydrogen (secondary N) is 1. The van der Waals surface area contributed by atoms with E-state index in [4.69, 9.17) is 0 Å². The van der Waals surface area contributed by atoms with Gasteiger partial charge in [0, 0.05) is 6.04 Å². The van der Waals surface area contributed by atoms with Gasteiger partial charge in [-0.2, -0.15) is 0 Å². The third-order valence-electron chi connectivity index (χ3n) is 3.38. The van der Waals surface area contributed by atoms with Crippen LogP contribution in [0.1, 0.15) is 37.3 Å². The zero-order valence-electron chi connectivity index (χ0n) is 9.63. The van der Waals surface area contributed by atoms with Crippen molar-refractivity contribution in [1.82, 2.24) is 5.32 Å². The summed E-state index contributed by atoms with van der Waals surface area (Å²) in [6, 6.07) is 9.91. The first-order chi connectivity index (χ1) is 7.38. The molecule has 15 heavy (non-hydrogen) atoms. The Hall–Kier alpha value is -0.820. The summed E-state index contributed by atoms with van der Waals surface area (Å²) in [6.07, 6.45) is 6.43. The zero-order valence-corrected chi connectivity index (χ0v) is 9.63. The fourth-order valence-corrected chi connectivity index (χ4v) is 2.09. The average Bonchev–Trinajstić information content (AvgIpc) is 2.23. The normalized spacial score (nSPS) is 19.9. The number of hydrogen-bond acceptors (Lipinski definition) is 1. The van der Waals surface area contributed by atoms with Gasteiger partial charge in [0.25, 0.3) is 0 Å². The van der Waals surface area contributed by atoms with Crippen LogP contribution in [0.25, 0.3) is 0 Å². The van der Waals surface area contributed by atoms with Crippen LogP contribution in [0.15, 0.2) is 24.3 Å². The molecule has 1 saturated heterocycles. The molecule has 1 fully saturated rings. The van der Waals surface area contributed by atoms with Crippen molar-refractivity contribution >= 4 is 0 Å². The summed E-state index contributed by atoms with van der Waals surface area (Å²) in [5.41, 5.74) is 2.94. The van der Waals surface area contributed by atoms with Crippen molar-refractivity contribution in [2.45, 2.75) is 45.1 Å². The topological polar surface area (TPSA) is 12.0 Å². The quantitative estimate of drug-likeness (QED) is 0.776. The molecule has 0 bridgehead atoms. The van der Waals surface area contributed by atoms with Crippen LogP contribution < -0.4 is 5.32 Å². The van der Waals surface area contributed by atoms with Crippen molar-refractivity contribution in [1.29, 1.82) is 0 Å². The Morgan fingerprint density at radius 3 is 2.40 bits per heavy atom. The highest BCUT2D eigenvalue weighted by Gasteiger charge is 2.14. The zero-order chi connectivity index (χ0) is 10.5. The summed E-state index contributed by atoms with van der Waals surface area (Å²) in [6.45, 7) is 3.44. The monoisotopic (exact) mass is 203 g/mol. The smallest absolute Gasteiger partial charge is 0.00792 e. The summed E-state index contributed by atoms with van der Waals surface area (Å²) in [5.74, 6) is 0. The molecule has 1 heteroatoms. The second kappa shape index (κ2) is 5.32. The summed E-state index contributed by atoms with van der Waals surface area (Å²) in [5, 5.41) is 3.45. The molecule has 0 aliphatic carbocycles. The van der Waals surface area contributed by atoms with E-state index in [1.54, 1.807) is 0 Å². The molecular weight excluding hydrogens is 182 g/mol. The molecule has 1 heterocycles. The molecule has 0 saturated carbocycles. The molecule has 1 aromatic carbocycles. The summed E-state index contributed by atoms with van der Waals surface area (Å²) in [4.78, 5) is 0. The lowest BCUT2D eigenvalue weighted by Gasteiger charge is -2.27. The molecule has 1 aliphatic heterocycles. The van der Waals surface area contributed by atoms with Gasteiger partial charge < -0.3 is 5.32 Å². The molecule has 1 nitrogen and oxygen atoms in total. The third kappa shape index (κ3) is 3.07. The summed E-state index contributed by atoms with van der Waals surface area (Å²) < 4.78 is 0. The first-order valence-electron chi connectivity index (χ1n) is 6.19. The minimum absolute atomic E-state index is 0.819. The fraction of sp³-hybridized carbons (Fsp3) is 0.571. The average molecular weight is 203 g/mol. The van der Waals surface area contributed by atoms with Crippen LogP contribution in [-0.2, 0) is 12.8 Å². The van der Waals surface area contributed by atoms with Crippen LogP contribution in [0.2, 0.25) is 0 Å². The molecule has 1 atom stereocenters. The maximum absolute atomic E-state index is 3.45. The highest BCUT2D eigenvalue weighted by molar-refractivity contribution is 5.22. The van der Waals surface area contributed by atoms with E-state index in [9.17, 15) is 0 Å². The predicted octanol–water partition coefficient (Wildman–Crippen LogP) is 2.93. The third-order valence-corrected chi connectivity index (χ3v) is 3.38. The molecule has 1 N–H and O–H groups in total. The van der Waals surface area contributed by atoms with Crippen molar-refractivity contribution in [2.24, 2.45) is 0 Å². The van der Waals surface area contributed by atoms with E-state index in [1.807, 2.05) is 0 Å². The highest BCUT2D eigenvalue weighted by Crippen LogP contribution is 2.13. The van der Waals surface area contributed by atoms with Crippen LogP contribution in [0.5, 0.6) is 0 Å².